The zero-order chi connectivity index (χ0) is 18.5. The van der Waals surface area contributed by atoms with Crippen LogP contribution in [0.5, 0.6) is 5.75 Å². The topological polar surface area (TPSA) is 70.2 Å². The van der Waals surface area contributed by atoms with Gasteiger partial charge in [0.2, 0.25) is 0 Å². The van der Waals surface area contributed by atoms with Crippen molar-refractivity contribution in [3.05, 3.63) is 59.1 Å². The van der Waals surface area contributed by atoms with Crippen molar-refractivity contribution in [2.24, 2.45) is 0 Å². The molecular formula is C19H22N4O2S. The van der Waals surface area contributed by atoms with Crippen molar-refractivity contribution < 1.29 is 9.53 Å². The number of hydrogen-bond acceptors (Lipinski definition) is 5. The monoisotopic (exact) mass is 370 g/mol. The van der Waals surface area contributed by atoms with Gasteiger partial charge in [-0.25, -0.2) is 0 Å². The first kappa shape index (κ1) is 18.2. The van der Waals surface area contributed by atoms with Gasteiger partial charge in [-0.2, -0.15) is 5.10 Å². The summed E-state index contributed by atoms with van der Waals surface area (Å²) in [4.78, 5) is 15.6. The van der Waals surface area contributed by atoms with Crippen molar-refractivity contribution in [2.45, 2.75) is 6.04 Å². The molecule has 0 aliphatic rings. The van der Waals surface area contributed by atoms with E-state index in [1.165, 1.54) is 0 Å². The molecule has 1 atom stereocenters. The molecule has 0 radical (unpaired) electrons. The van der Waals surface area contributed by atoms with E-state index in [0.29, 0.717) is 12.2 Å². The standard InChI is InChI=1S/C19H22N4O2S/c1-23(2)17(13-6-8-14(25-3)9-7-13)12-20-19(24)16-11-15(21-22-16)18-5-4-10-26-18/h4-11,17H,12H2,1-3H3,(H,20,24)(H,21,22). The lowest BCUT2D eigenvalue weighted by Gasteiger charge is -2.25. The highest BCUT2D eigenvalue weighted by Crippen LogP contribution is 2.23. The minimum atomic E-state index is -0.190. The molecule has 0 aliphatic heterocycles. The highest BCUT2D eigenvalue weighted by atomic mass is 32.1. The number of nitrogens with zero attached hydrogens (tertiary/aromatic N) is 2. The number of carbonyl (C=O) groups is 1. The van der Waals surface area contributed by atoms with Gasteiger partial charge in [0.25, 0.3) is 5.91 Å². The van der Waals surface area contributed by atoms with E-state index in [9.17, 15) is 4.79 Å². The van der Waals surface area contributed by atoms with Gasteiger partial charge in [-0.1, -0.05) is 18.2 Å². The molecule has 2 heterocycles. The molecule has 0 saturated heterocycles. The van der Waals surface area contributed by atoms with Crippen LogP contribution in [0.25, 0.3) is 10.6 Å². The number of ether oxygens (including phenoxy) is 1. The van der Waals surface area contributed by atoms with Crippen LogP contribution in [0.1, 0.15) is 22.1 Å². The number of thiophene rings is 1. The second kappa shape index (κ2) is 8.16. The molecular weight excluding hydrogens is 348 g/mol. The molecule has 0 fully saturated rings. The average Bonchev–Trinajstić information content (AvgIpc) is 3.33. The molecule has 136 valence electrons. The summed E-state index contributed by atoms with van der Waals surface area (Å²) in [7, 11) is 5.63. The van der Waals surface area contributed by atoms with Gasteiger partial charge in [-0.15, -0.1) is 11.3 Å². The van der Waals surface area contributed by atoms with Crippen molar-refractivity contribution in [3.8, 4) is 16.3 Å². The van der Waals surface area contributed by atoms with Gasteiger partial charge >= 0.3 is 0 Å². The number of carbonyl (C=O) groups excluding carboxylic acids is 1. The lowest BCUT2D eigenvalue weighted by molar-refractivity contribution is 0.0937. The summed E-state index contributed by atoms with van der Waals surface area (Å²) in [6.07, 6.45) is 0. The molecule has 2 aromatic heterocycles. The Morgan fingerprint density at radius 3 is 2.69 bits per heavy atom. The summed E-state index contributed by atoms with van der Waals surface area (Å²) in [5.74, 6) is 0.623. The van der Waals surface area contributed by atoms with Gasteiger partial charge in [0.1, 0.15) is 5.75 Å². The largest absolute Gasteiger partial charge is 0.497 e. The summed E-state index contributed by atoms with van der Waals surface area (Å²) < 4.78 is 5.20. The third-order valence-electron chi connectivity index (χ3n) is 4.18. The minimum absolute atomic E-state index is 0.0561. The fraction of sp³-hybridized carbons (Fsp3) is 0.263. The molecule has 3 aromatic rings. The Bertz CT molecular complexity index is 841. The fourth-order valence-corrected chi connectivity index (χ4v) is 3.39. The predicted molar refractivity (Wildman–Crippen MR) is 104 cm³/mol. The van der Waals surface area contributed by atoms with E-state index < -0.39 is 0 Å². The Labute approximate surface area is 156 Å². The van der Waals surface area contributed by atoms with Crippen molar-refractivity contribution in [3.63, 3.8) is 0 Å². The second-order valence-electron chi connectivity index (χ2n) is 6.11. The van der Waals surface area contributed by atoms with E-state index in [2.05, 4.69) is 20.4 Å². The van der Waals surface area contributed by atoms with Crippen molar-refractivity contribution in [1.82, 2.24) is 20.4 Å². The Morgan fingerprint density at radius 2 is 2.08 bits per heavy atom. The van der Waals surface area contributed by atoms with Crippen LogP contribution in [0.2, 0.25) is 0 Å². The maximum absolute atomic E-state index is 12.5. The predicted octanol–water partition coefficient (Wildman–Crippen LogP) is 3.18. The molecule has 2 N–H and O–H groups in total. The number of hydrogen-bond donors (Lipinski definition) is 2. The zero-order valence-electron chi connectivity index (χ0n) is 15.0. The van der Waals surface area contributed by atoms with Crippen molar-refractivity contribution in [2.75, 3.05) is 27.7 Å². The highest BCUT2D eigenvalue weighted by Gasteiger charge is 2.17. The number of aromatic amines is 1. The molecule has 0 bridgehead atoms. The van der Waals surface area contributed by atoms with E-state index in [-0.39, 0.29) is 11.9 Å². The Balaban J connectivity index is 1.66. The van der Waals surface area contributed by atoms with Crippen LogP contribution in [-0.2, 0) is 0 Å². The normalized spacial score (nSPS) is 12.2. The molecule has 0 saturated carbocycles. The van der Waals surface area contributed by atoms with Crippen LogP contribution in [-0.4, -0.2) is 48.8 Å². The lowest BCUT2D eigenvalue weighted by atomic mass is 10.1. The molecule has 6 nitrogen and oxygen atoms in total. The summed E-state index contributed by atoms with van der Waals surface area (Å²) in [6.45, 7) is 0.485. The van der Waals surface area contributed by atoms with E-state index in [1.807, 2.05) is 55.9 Å². The van der Waals surface area contributed by atoms with Crippen LogP contribution in [0.15, 0.2) is 47.8 Å². The number of likely N-dealkylation sites (N-methyl/N-ethyl adjacent to an activating group) is 1. The van der Waals surface area contributed by atoms with Gasteiger partial charge in [-0.3, -0.25) is 9.89 Å². The van der Waals surface area contributed by atoms with E-state index in [1.54, 1.807) is 24.5 Å². The van der Waals surface area contributed by atoms with Crippen molar-refractivity contribution >= 4 is 17.2 Å². The smallest absolute Gasteiger partial charge is 0.271 e. The maximum atomic E-state index is 12.5. The van der Waals surface area contributed by atoms with Crippen LogP contribution in [0, 0.1) is 0 Å². The van der Waals surface area contributed by atoms with E-state index in [0.717, 1.165) is 21.9 Å². The van der Waals surface area contributed by atoms with Gasteiger partial charge in [0.15, 0.2) is 5.69 Å². The van der Waals surface area contributed by atoms with E-state index in [4.69, 9.17) is 4.74 Å². The average molecular weight is 370 g/mol. The zero-order valence-corrected chi connectivity index (χ0v) is 15.8. The molecule has 0 aliphatic carbocycles. The maximum Gasteiger partial charge on any atom is 0.271 e. The first-order chi connectivity index (χ1) is 12.6. The number of aromatic nitrogens is 2. The first-order valence-corrected chi connectivity index (χ1v) is 9.14. The van der Waals surface area contributed by atoms with Gasteiger partial charge in [-0.05, 0) is 49.3 Å². The fourth-order valence-electron chi connectivity index (χ4n) is 2.70. The molecule has 1 aromatic carbocycles. The van der Waals surface area contributed by atoms with Crippen LogP contribution in [0.3, 0.4) is 0 Å². The summed E-state index contributed by atoms with van der Waals surface area (Å²) in [5.41, 5.74) is 2.35. The quantitative estimate of drug-likeness (QED) is 0.670. The number of benzene rings is 1. The molecule has 26 heavy (non-hydrogen) atoms. The first-order valence-electron chi connectivity index (χ1n) is 8.26. The number of methoxy groups -OCH3 is 1. The number of nitrogens with one attached hydrogen (secondary N) is 2. The molecule has 1 amide bonds. The summed E-state index contributed by atoms with van der Waals surface area (Å²) >= 11 is 1.60. The van der Waals surface area contributed by atoms with Crippen LogP contribution in [0.4, 0.5) is 0 Å². The molecule has 0 spiro atoms. The Hall–Kier alpha value is -2.64. The third kappa shape index (κ3) is 4.12. The highest BCUT2D eigenvalue weighted by molar-refractivity contribution is 7.13. The number of H-pyrrole nitrogens is 1. The van der Waals surface area contributed by atoms with Crippen molar-refractivity contribution in [1.29, 1.82) is 0 Å². The molecule has 1 unspecified atom stereocenters. The molecule has 3 rings (SSSR count). The summed E-state index contributed by atoms with van der Waals surface area (Å²) in [5, 5.41) is 12.0. The van der Waals surface area contributed by atoms with Crippen LogP contribution < -0.4 is 10.1 Å². The number of rotatable bonds is 7. The Kier molecular flexibility index (Phi) is 5.70. The van der Waals surface area contributed by atoms with Gasteiger partial charge < -0.3 is 15.0 Å². The third-order valence-corrected chi connectivity index (χ3v) is 5.08. The van der Waals surface area contributed by atoms with E-state index >= 15 is 0 Å². The Morgan fingerprint density at radius 1 is 1.31 bits per heavy atom. The second-order valence-corrected chi connectivity index (χ2v) is 7.05. The SMILES string of the molecule is COc1ccc(C(CNC(=O)c2cc(-c3cccs3)[nH]n2)N(C)C)cc1. The van der Waals surface area contributed by atoms with Gasteiger partial charge in [0.05, 0.1) is 23.7 Å². The van der Waals surface area contributed by atoms with Gasteiger partial charge in [0, 0.05) is 6.54 Å². The number of amides is 1. The minimum Gasteiger partial charge on any atom is -0.497 e. The van der Waals surface area contributed by atoms with Crippen LogP contribution >= 0.6 is 11.3 Å². The summed E-state index contributed by atoms with van der Waals surface area (Å²) in [6, 6.07) is 13.7. The lowest BCUT2D eigenvalue weighted by Crippen LogP contribution is -2.34. The molecule has 7 heteroatoms.